The predicted molar refractivity (Wildman–Crippen MR) is 73.7 cm³/mol. The first-order valence-electron chi connectivity index (χ1n) is 7.04. The number of nitrogens with one attached hydrogen (secondary N) is 1. The van der Waals surface area contributed by atoms with E-state index in [1.165, 1.54) is 0 Å². The third-order valence-corrected chi connectivity index (χ3v) is 3.58. The maximum absolute atomic E-state index is 12.2. The number of piperazine rings is 1. The molecule has 19 heavy (non-hydrogen) atoms. The molecular formula is C15H20N2O2. The molecule has 0 unspecified atom stereocenters. The zero-order chi connectivity index (χ0) is 13.1. The zero-order valence-electron chi connectivity index (χ0n) is 11.1. The highest BCUT2D eigenvalue weighted by atomic mass is 16.5. The number of benzene rings is 1. The van der Waals surface area contributed by atoms with Crippen LogP contribution in [0.4, 0.5) is 0 Å². The van der Waals surface area contributed by atoms with Crippen molar-refractivity contribution < 1.29 is 9.53 Å². The van der Waals surface area contributed by atoms with Crippen LogP contribution in [0.1, 0.15) is 23.2 Å². The van der Waals surface area contributed by atoms with E-state index in [0.29, 0.717) is 12.6 Å². The maximum atomic E-state index is 12.2. The van der Waals surface area contributed by atoms with Crippen LogP contribution < -0.4 is 10.1 Å². The van der Waals surface area contributed by atoms with E-state index >= 15 is 0 Å². The lowest BCUT2D eigenvalue weighted by atomic mass is 10.1. The Labute approximate surface area is 113 Å². The topological polar surface area (TPSA) is 41.6 Å². The van der Waals surface area contributed by atoms with Crippen LogP contribution >= 0.6 is 0 Å². The number of ether oxygens (including phenoxy) is 1. The van der Waals surface area contributed by atoms with E-state index in [9.17, 15) is 4.79 Å². The summed E-state index contributed by atoms with van der Waals surface area (Å²) in [6.07, 6.45) is 2.72. The fraction of sp³-hybridized carbons (Fsp3) is 0.533. The molecule has 1 saturated heterocycles. The fourth-order valence-corrected chi connectivity index (χ4v) is 2.26. The minimum Gasteiger partial charge on any atom is -0.490 e. The molecule has 0 atom stereocenters. The molecule has 1 N–H and O–H groups in total. The molecule has 2 fully saturated rings. The van der Waals surface area contributed by atoms with Crippen molar-refractivity contribution in [3.8, 4) is 5.75 Å². The van der Waals surface area contributed by atoms with Gasteiger partial charge in [-0.3, -0.25) is 9.69 Å². The van der Waals surface area contributed by atoms with E-state index in [1.807, 2.05) is 24.3 Å². The van der Waals surface area contributed by atoms with Crippen LogP contribution in [-0.4, -0.2) is 49.5 Å². The Bertz CT molecular complexity index is 434. The smallest absolute Gasteiger partial charge is 0.176 e. The van der Waals surface area contributed by atoms with Gasteiger partial charge in [0.25, 0.3) is 0 Å². The molecule has 0 radical (unpaired) electrons. The number of hydrogen-bond donors (Lipinski definition) is 1. The number of rotatable bonds is 5. The third-order valence-electron chi connectivity index (χ3n) is 3.58. The van der Waals surface area contributed by atoms with E-state index < -0.39 is 0 Å². The minimum absolute atomic E-state index is 0.194. The SMILES string of the molecule is O=C(CN1CCNCC1)c1ccc(OC2CC2)cc1. The summed E-state index contributed by atoms with van der Waals surface area (Å²) in [6, 6.07) is 7.57. The average Bonchev–Trinajstić information content (AvgIpc) is 3.25. The van der Waals surface area contributed by atoms with Gasteiger partial charge in [0.15, 0.2) is 5.78 Å². The number of hydrogen-bond acceptors (Lipinski definition) is 4. The summed E-state index contributed by atoms with van der Waals surface area (Å²) in [5.74, 6) is 1.07. The number of Topliss-reactive ketones (excluding diaryl/α,β-unsaturated/α-hetero) is 1. The van der Waals surface area contributed by atoms with Crippen LogP contribution in [0.25, 0.3) is 0 Å². The average molecular weight is 260 g/mol. The molecule has 0 amide bonds. The van der Waals surface area contributed by atoms with E-state index in [2.05, 4.69) is 10.2 Å². The van der Waals surface area contributed by atoms with E-state index in [4.69, 9.17) is 4.74 Å². The van der Waals surface area contributed by atoms with E-state index in [0.717, 1.165) is 50.3 Å². The molecule has 1 aromatic carbocycles. The molecule has 0 aromatic heterocycles. The first kappa shape index (κ1) is 12.6. The highest BCUT2D eigenvalue weighted by Gasteiger charge is 2.23. The summed E-state index contributed by atoms with van der Waals surface area (Å²) in [6.45, 7) is 4.37. The zero-order valence-corrected chi connectivity index (χ0v) is 11.1. The monoisotopic (exact) mass is 260 g/mol. The van der Waals surface area contributed by atoms with Crippen molar-refractivity contribution in [2.24, 2.45) is 0 Å². The number of carbonyl (C=O) groups is 1. The molecular weight excluding hydrogens is 240 g/mol. The Kier molecular flexibility index (Phi) is 3.80. The van der Waals surface area contributed by atoms with Crippen molar-refractivity contribution in [3.05, 3.63) is 29.8 Å². The lowest BCUT2D eigenvalue weighted by Crippen LogP contribution is -2.45. The van der Waals surface area contributed by atoms with Gasteiger partial charge < -0.3 is 10.1 Å². The van der Waals surface area contributed by atoms with Gasteiger partial charge in [0, 0.05) is 31.7 Å². The molecule has 1 heterocycles. The molecule has 3 rings (SSSR count). The van der Waals surface area contributed by atoms with Gasteiger partial charge in [-0.05, 0) is 37.1 Å². The van der Waals surface area contributed by atoms with Crippen LogP contribution in [0.5, 0.6) is 5.75 Å². The summed E-state index contributed by atoms with van der Waals surface area (Å²) >= 11 is 0. The summed E-state index contributed by atoms with van der Waals surface area (Å²) in [4.78, 5) is 14.4. The molecule has 1 aromatic rings. The van der Waals surface area contributed by atoms with E-state index in [1.54, 1.807) is 0 Å². The van der Waals surface area contributed by atoms with Gasteiger partial charge in [-0.25, -0.2) is 0 Å². The van der Waals surface area contributed by atoms with Crippen molar-refractivity contribution in [1.82, 2.24) is 10.2 Å². The Morgan fingerprint density at radius 3 is 2.53 bits per heavy atom. The van der Waals surface area contributed by atoms with Crippen LogP contribution in [0.15, 0.2) is 24.3 Å². The summed E-state index contributed by atoms with van der Waals surface area (Å²) in [7, 11) is 0. The maximum Gasteiger partial charge on any atom is 0.176 e. The van der Waals surface area contributed by atoms with Crippen molar-refractivity contribution in [3.63, 3.8) is 0 Å². The molecule has 2 aliphatic rings. The molecule has 0 spiro atoms. The van der Waals surface area contributed by atoms with Crippen LogP contribution in [-0.2, 0) is 0 Å². The molecule has 4 nitrogen and oxygen atoms in total. The van der Waals surface area contributed by atoms with Crippen molar-refractivity contribution in [2.75, 3.05) is 32.7 Å². The normalized spacial score (nSPS) is 20.2. The first-order valence-corrected chi connectivity index (χ1v) is 7.04. The summed E-state index contributed by atoms with van der Waals surface area (Å²) < 4.78 is 5.68. The largest absolute Gasteiger partial charge is 0.490 e. The van der Waals surface area contributed by atoms with Crippen LogP contribution in [0.2, 0.25) is 0 Å². The third kappa shape index (κ3) is 3.55. The molecule has 102 valence electrons. The second-order valence-corrected chi connectivity index (χ2v) is 5.29. The van der Waals surface area contributed by atoms with Crippen LogP contribution in [0, 0.1) is 0 Å². The predicted octanol–water partition coefficient (Wildman–Crippen LogP) is 1.32. The summed E-state index contributed by atoms with van der Waals surface area (Å²) in [5, 5.41) is 3.29. The van der Waals surface area contributed by atoms with Gasteiger partial charge in [-0.15, -0.1) is 0 Å². The quantitative estimate of drug-likeness (QED) is 0.811. The minimum atomic E-state index is 0.194. The number of nitrogens with zero attached hydrogens (tertiary/aromatic N) is 1. The van der Waals surface area contributed by atoms with Gasteiger partial charge in [-0.1, -0.05) is 0 Å². The van der Waals surface area contributed by atoms with Gasteiger partial charge in [0.1, 0.15) is 5.75 Å². The second-order valence-electron chi connectivity index (χ2n) is 5.29. The van der Waals surface area contributed by atoms with Crippen molar-refractivity contribution in [2.45, 2.75) is 18.9 Å². The molecule has 4 heteroatoms. The Balaban J connectivity index is 1.55. The lowest BCUT2D eigenvalue weighted by molar-refractivity contribution is 0.0921. The first-order chi connectivity index (χ1) is 9.31. The van der Waals surface area contributed by atoms with E-state index in [-0.39, 0.29) is 5.78 Å². The Morgan fingerprint density at radius 2 is 1.89 bits per heavy atom. The highest BCUT2D eigenvalue weighted by Crippen LogP contribution is 2.26. The van der Waals surface area contributed by atoms with Gasteiger partial charge in [-0.2, -0.15) is 0 Å². The number of ketones is 1. The Hall–Kier alpha value is -1.39. The van der Waals surface area contributed by atoms with Crippen molar-refractivity contribution >= 4 is 5.78 Å². The second kappa shape index (κ2) is 5.72. The highest BCUT2D eigenvalue weighted by molar-refractivity contribution is 5.97. The Morgan fingerprint density at radius 1 is 1.21 bits per heavy atom. The molecule has 1 aliphatic heterocycles. The molecule has 0 bridgehead atoms. The van der Waals surface area contributed by atoms with Crippen LogP contribution in [0.3, 0.4) is 0 Å². The van der Waals surface area contributed by atoms with Gasteiger partial charge in [0.2, 0.25) is 0 Å². The number of carbonyl (C=O) groups excluding carboxylic acids is 1. The van der Waals surface area contributed by atoms with Crippen molar-refractivity contribution in [1.29, 1.82) is 0 Å². The van der Waals surface area contributed by atoms with Gasteiger partial charge in [0.05, 0.1) is 12.6 Å². The standard InChI is InChI=1S/C15H20N2O2/c18-15(11-17-9-7-16-8-10-17)12-1-3-13(4-2-12)19-14-5-6-14/h1-4,14,16H,5-11H2. The fourth-order valence-electron chi connectivity index (χ4n) is 2.26. The molecule has 1 aliphatic carbocycles. The molecule has 1 saturated carbocycles. The lowest BCUT2D eigenvalue weighted by Gasteiger charge is -2.26. The van der Waals surface area contributed by atoms with Gasteiger partial charge >= 0.3 is 0 Å². The summed E-state index contributed by atoms with van der Waals surface area (Å²) in [5.41, 5.74) is 0.779.